The fourth-order valence-electron chi connectivity index (χ4n) is 3.19. The monoisotopic (exact) mass is 432 g/mol. The van der Waals surface area contributed by atoms with E-state index in [0.717, 1.165) is 0 Å². The highest BCUT2D eigenvalue weighted by molar-refractivity contribution is 7.91. The molecule has 1 atom stereocenters. The highest BCUT2D eigenvalue weighted by Crippen LogP contribution is 2.20. The first-order chi connectivity index (χ1) is 14.3. The van der Waals surface area contributed by atoms with Crippen molar-refractivity contribution in [2.45, 2.75) is 12.5 Å². The third kappa shape index (κ3) is 5.50. The van der Waals surface area contributed by atoms with E-state index in [9.17, 15) is 18.0 Å². The largest absolute Gasteiger partial charge is 0.497 e. The number of anilines is 1. The van der Waals surface area contributed by atoms with Crippen LogP contribution in [0.2, 0.25) is 0 Å². The van der Waals surface area contributed by atoms with Gasteiger partial charge in [-0.05, 0) is 42.8 Å². The van der Waals surface area contributed by atoms with Crippen LogP contribution in [0, 0.1) is 0 Å². The van der Waals surface area contributed by atoms with Crippen LogP contribution in [-0.4, -0.2) is 63.4 Å². The molecule has 0 saturated carbocycles. The summed E-state index contributed by atoms with van der Waals surface area (Å²) in [4.78, 5) is 26.1. The number of carbonyl (C=O) groups is 2. The Bertz CT molecular complexity index is 1020. The molecule has 0 radical (unpaired) electrons. The van der Waals surface area contributed by atoms with Gasteiger partial charge in [-0.1, -0.05) is 6.07 Å². The fourth-order valence-corrected chi connectivity index (χ4v) is 4.97. The minimum absolute atomic E-state index is 0.00116. The molecule has 1 saturated heterocycles. The van der Waals surface area contributed by atoms with Crippen LogP contribution in [0.5, 0.6) is 11.5 Å². The lowest BCUT2D eigenvalue weighted by atomic mass is 10.1. The first-order valence-corrected chi connectivity index (χ1v) is 11.2. The van der Waals surface area contributed by atoms with Gasteiger partial charge in [-0.15, -0.1) is 0 Å². The van der Waals surface area contributed by atoms with E-state index in [1.807, 2.05) is 0 Å². The Kier molecular flexibility index (Phi) is 6.61. The first-order valence-electron chi connectivity index (χ1n) is 9.42. The number of nitrogens with zero attached hydrogens (tertiary/aromatic N) is 1. The van der Waals surface area contributed by atoms with Gasteiger partial charge >= 0.3 is 0 Å². The van der Waals surface area contributed by atoms with E-state index in [1.165, 1.54) is 4.90 Å². The van der Waals surface area contributed by atoms with Crippen LogP contribution < -0.4 is 14.8 Å². The van der Waals surface area contributed by atoms with Crippen LogP contribution in [0.15, 0.2) is 48.5 Å². The van der Waals surface area contributed by atoms with Crippen molar-refractivity contribution in [3.63, 3.8) is 0 Å². The van der Waals surface area contributed by atoms with Crippen LogP contribution in [0.4, 0.5) is 5.69 Å². The molecule has 0 aliphatic carbocycles. The van der Waals surface area contributed by atoms with Crippen molar-refractivity contribution in [2.75, 3.05) is 37.6 Å². The van der Waals surface area contributed by atoms with Crippen LogP contribution in [-0.2, 0) is 14.6 Å². The molecule has 0 unspecified atom stereocenters. The molecule has 1 heterocycles. The minimum Gasteiger partial charge on any atom is -0.497 e. The van der Waals surface area contributed by atoms with Gasteiger partial charge in [0.15, 0.2) is 16.4 Å². The molecule has 1 N–H and O–H groups in total. The van der Waals surface area contributed by atoms with E-state index in [0.29, 0.717) is 29.2 Å². The van der Waals surface area contributed by atoms with Crippen molar-refractivity contribution in [1.82, 2.24) is 4.90 Å². The number of amides is 2. The maximum absolute atomic E-state index is 12.6. The summed E-state index contributed by atoms with van der Waals surface area (Å²) in [5.41, 5.74) is 1.02. The average Bonchev–Trinajstić information content (AvgIpc) is 3.11. The molecule has 2 aromatic carbocycles. The topological polar surface area (TPSA) is 102 Å². The van der Waals surface area contributed by atoms with Crippen LogP contribution in [0.3, 0.4) is 0 Å². The summed E-state index contributed by atoms with van der Waals surface area (Å²) in [5.74, 6) is 0.608. The Labute approximate surface area is 175 Å². The van der Waals surface area contributed by atoms with Crippen molar-refractivity contribution < 1.29 is 27.5 Å². The predicted molar refractivity (Wildman–Crippen MR) is 113 cm³/mol. The van der Waals surface area contributed by atoms with Crippen molar-refractivity contribution in [3.05, 3.63) is 54.1 Å². The molecule has 8 nitrogen and oxygen atoms in total. The van der Waals surface area contributed by atoms with Gasteiger partial charge in [0.25, 0.3) is 11.8 Å². The average molecular weight is 432 g/mol. The zero-order valence-electron chi connectivity index (χ0n) is 16.8. The Morgan fingerprint density at radius 2 is 1.87 bits per heavy atom. The molecule has 1 fully saturated rings. The number of carbonyl (C=O) groups excluding carboxylic acids is 2. The molecule has 2 amide bonds. The van der Waals surface area contributed by atoms with Gasteiger partial charge in [0.1, 0.15) is 11.5 Å². The molecule has 0 bridgehead atoms. The lowest BCUT2D eigenvalue weighted by Gasteiger charge is -2.23. The maximum Gasteiger partial charge on any atom is 0.262 e. The number of nitrogens with one attached hydrogen (secondary N) is 1. The third-order valence-corrected chi connectivity index (χ3v) is 6.65. The van der Waals surface area contributed by atoms with Gasteiger partial charge in [-0.2, -0.15) is 0 Å². The van der Waals surface area contributed by atoms with Crippen LogP contribution in [0.1, 0.15) is 16.8 Å². The summed E-state index contributed by atoms with van der Waals surface area (Å²) in [7, 11) is 0.0959. The molecular weight excluding hydrogens is 408 g/mol. The quantitative estimate of drug-likeness (QED) is 0.718. The summed E-state index contributed by atoms with van der Waals surface area (Å²) >= 11 is 0. The van der Waals surface area contributed by atoms with Crippen LogP contribution in [0.25, 0.3) is 0 Å². The minimum atomic E-state index is -3.06. The van der Waals surface area contributed by atoms with E-state index >= 15 is 0 Å². The van der Waals surface area contributed by atoms with Crippen molar-refractivity contribution >= 4 is 27.3 Å². The number of benzene rings is 2. The Balaban J connectivity index is 1.52. The van der Waals surface area contributed by atoms with E-state index in [-0.39, 0.29) is 36.0 Å². The predicted octanol–water partition coefficient (Wildman–Crippen LogP) is 1.97. The zero-order chi connectivity index (χ0) is 21.7. The van der Waals surface area contributed by atoms with E-state index in [2.05, 4.69) is 5.32 Å². The standard InChI is InChI=1S/C21H24N2O6S/c1-23(17-10-11-30(26,27)14-17)21(25)15-6-8-18(9-7-15)29-13-20(24)22-16-4-3-5-19(12-16)28-2/h3-9,12,17H,10-11,13-14H2,1-2H3,(H,22,24)/t17-/m0/s1. The van der Waals surface area contributed by atoms with Gasteiger partial charge in [-0.3, -0.25) is 9.59 Å². The highest BCUT2D eigenvalue weighted by Gasteiger charge is 2.33. The SMILES string of the molecule is COc1cccc(NC(=O)COc2ccc(C(=O)N(C)[C@H]3CCS(=O)(=O)C3)cc2)c1. The van der Waals surface area contributed by atoms with Gasteiger partial charge < -0.3 is 19.7 Å². The van der Waals surface area contributed by atoms with Gasteiger partial charge in [0.05, 0.1) is 18.6 Å². The number of hydrogen-bond donors (Lipinski definition) is 1. The van der Waals surface area contributed by atoms with Crippen molar-refractivity contribution in [2.24, 2.45) is 0 Å². The summed E-state index contributed by atoms with van der Waals surface area (Å²) < 4.78 is 33.8. The molecular formula is C21H24N2O6S. The van der Waals surface area contributed by atoms with E-state index < -0.39 is 9.84 Å². The highest BCUT2D eigenvalue weighted by atomic mass is 32.2. The summed E-state index contributed by atoms with van der Waals surface area (Å²) in [6.45, 7) is -0.190. The normalized spacial score (nSPS) is 17.2. The summed E-state index contributed by atoms with van der Waals surface area (Å²) in [6, 6.07) is 13.1. The maximum atomic E-state index is 12.6. The van der Waals surface area contributed by atoms with E-state index in [4.69, 9.17) is 9.47 Å². The summed E-state index contributed by atoms with van der Waals surface area (Å²) in [5, 5.41) is 2.72. The number of rotatable bonds is 7. The summed E-state index contributed by atoms with van der Waals surface area (Å²) in [6.07, 6.45) is 0.453. The lowest BCUT2D eigenvalue weighted by Crippen LogP contribution is -2.37. The Hall–Kier alpha value is -3.07. The second kappa shape index (κ2) is 9.17. The first kappa shape index (κ1) is 21.6. The molecule has 0 spiro atoms. The molecule has 0 aromatic heterocycles. The van der Waals surface area contributed by atoms with E-state index in [1.54, 1.807) is 62.7 Å². The molecule has 9 heteroatoms. The molecule has 1 aliphatic rings. The lowest BCUT2D eigenvalue weighted by molar-refractivity contribution is -0.118. The number of hydrogen-bond acceptors (Lipinski definition) is 6. The van der Waals surface area contributed by atoms with Crippen molar-refractivity contribution in [3.8, 4) is 11.5 Å². The molecule has 160 valence electrons. The smallest absolute Gasteiger partial charge is 0.262 e. The Morgan fingerprint density at radius 1 is 1.13 bits per heavy atom. The van der Waals surface area contributed by atoms with Gasteiger partial charge in [0.2, 0.25) is 0 Å². The number of sulfone groups is 1. The number of ether oxygens (including phenoxy) is 2. The zero-order valence-corrected chi connectivity index (χ0v) is 17.6. The molecule has 30 heavy (non-hydrogen) atoms. The third-order valence-electron chi connectivity index (χ3n) is 4.90. The van der Waals surface area contributed by atoms with Crippen molar-refractivity contribution in [1.29, 1.82) is 0 Å². The van der Waals surface area contributed by atoms with Crippen LogP contribution >= 0.6 is 0 Å². The second-order valence-corrected chi connectivity index (χ2v) is 9.29. The molecule has 2 aromatic rings. The van der Waals surface area contributed by atoms with Gasteiger partial charge in [-0.25, -0.2) is 8.42 Å². The molecule has 1 aliphatic heterocycles. The Morgan fingerprint density at radius 3 is 2.50 bits per heavy atom. The fraction of sp³-hybridized carbons (Fsp3) is 0.333. The molecule has 3 rings (SSSR count). The number of methoxy groups -OCH3 is 1. The van der Waals surface area contributed by atoms with Gasteiger partial charge in [0, 0.05) is 30.4 Å². The second-order valence-electron chi connectivity index (χ2n) is 7.07.